The summed E-state index contributed by atoms with van der Waals surface area (Å²) in [5.74, 6) is 0. The highest BCUT2D eigenvalue weighted by Gasteiger charge is 2.35. The highest BCUT2D eigenvalue weighted by Crippen LogP contribution is 2.46. The van der Waals surface area contributed by atoms with Gasteiger partial charge in [-0.05, 0) is 128 Å². The first-order chi connectivity index (χ1) is 28.8. The number of halogens is 9. The van der Waals surface area contributed by atoms with E-state index >= 15 is 0 Å². The molecule has 0 saturated heterocycles. The van der Waals surface area contributed by atoms with Gasteiger partial charge in [-0.2, -0.15) is 44.8 Å². The first-order valence-corrected chi connectivity index (χ1v) is 18.9. The van der Waals surface area contributed by atoms with E-state index in [1.165, 1.54) is 30.3 Å². The maximum Gasteiger partial charge on any atom is 0.417 e. The van der Waals surface area contributed by atoms with Crippen LogP contribution in [0.15, 0.2) is 127 Å². The van der Waals surface area contributed by atoms with Gasteiger partial charge in [-0.3, -0.25) is 0 Å². The Balaban J connectivity index is 1.44. The predicted octanol–water partition coefficient (Wildman–Crippen LogP) is 15.1. The molecule has 0 unspecified atom stereocenters. The van der Waals surface area contributed by atoms with Gasteiger partial charge in [-0.1, -0.05) is 47.5 Å². The average Bonchev–Trinajstić information content (AvgIpc) is 3.70. The molecule has 0 aliphatic rings. The SMILES string of the molecule is Cc1ccc2c(c1)c1cc(C(F)(F)F)ccc1n2-c1ccc(-c2c(C)cccc2C(F)(F)F)cc1-c1ccc(C#N)cc1-n1c2ccc(C)cc2c2cc(C(F)(F)F)ccc21. The van der Waals surface area contributed by atoms with E-state index in [0.717, 1.165) is 41.5 Å². The molecule has 2 heterocycles. The van der Waals surface area contributed by atoms with Crippen LogP contribution in [0, 0.1) is 32.1 Å². The van der Waals surface area contributed by atoms with Crippen LogP contribution in [-0.4, -0.2) is 9.13 Å². The molecule has 0 bridgehead atoms. The Labute approximate surface area is 342 Å². The number of fused-ring (bicyclic) bond motifs is 6. The molecule has 0 amide bonds. The Hall–Kier alpha value is -7.00. The summed E-state index contributed by atoms with van der Waals surface area (Å²) < 4.78 is 133. The Kier molecular flexibility index (Phi) is 8.91. The summed E-state index contributed by atoms with van der Waals surface area (Å²) in [7, 11) is 0. The lowest BCUT2D eigenvalue weighted by Crippen LogP contribution is -2.08. The molecule has 3 nitrogen and oxygen atoms in total. The van der Waals surface area contributed by atoms with Crippen LogP contribution in [0.4, 0.5) is 39.5 Å². The zero-order valence-electron chi connectivity index (χ0n) is 32.4. The lowest BCUT2D eigenvalue weighted by atomic mass is 9.90. The molecule has 0 spiro atoms. The molecule has 61 heavy (non-hydrogen) atoms. The summed E-state index contributed by atoms with van der Waals surface area (Å²) >= 11 is 0. The molecule has 0 fully saturated rings. The van der Waals surface area contributed by atoms with Gasteiger partial charge in [0.25, 0.3) is 0 Å². The van der Waals surface area contributed by atoms with E-state index in [-0.39, 0.29) is 22.1 Å². The standard InChI is InChI=1S/C49H30F9N3/c1-26-7-14-40-34(19-26)37-23-31(47(50,51)52)11-17-43(37)60(40)42-16-10-30(46-28(3)5-4-6-39(46)49(56,57)58)22-36(42)33-13-9-29(25-59)21-45(33)61-41-15-8-27(2)20-35(41)38-24-32(48(53,54)55)12-18-44(38)61/h4-24H,1-3H3. The zero-order valence-corrected chi connectivity index (χ0v) is 32.4. The Morgan fingerprint density at radius 2 is 0.967 bits per heavy atom. The van der Waals surface area contributed by atoms with Gasteiger partial charge < -0.3 is 9.13 Å². The lowest BCUT2D eigenvalue weighted by molar-refractivity contribution is -0.138. The van der Waals surface area contributed by atoms with Crippen LogP contribution in [0.5, 0.6) is 0 Å². The molecule has 0 radical (unpaired) electrons. The molecule has 0 aliphatic carbocycles. The van der Waals surface area contributed by atoms with Crippen molar-refractivity contribution in [3.63, 3.8) is 0 Å². The molecule has 0 N–H and O–H groups in total. The Morgan fingerprint density at radius 3 is 1.48 bits per heavy atom. The third-order valence-corrected chi connectivity index (χ3v) is 11.3. The first-order valence-electron chi connectivity index (χ1n) is 18.9. The molecule has 0 saturated carbocycles. The summed E-state index contributed by atoms with van der Waals surface area (Å²) in [5.41, 5.74) is 2.78. The molecule has 0 atom stereocenters. The molecule has 7 aromatic carbocycles. The molecule has 2 aromatic heterocycles. The van der Waals surface area contributed by atoms with Gasteiger partial charge in [0.2, 0.25) is 0 Å². The van der Waals surface area contributed by atoms with Gasteiger partial charge in [0.1, 0.15) is 0 Å². The number of nitrogens with zero attached hydrogens (tertiary/aromatic N) is 3. The highest BCUT2D eigenvalue weighted by molar-refractivity contribution is 6.12. The number of alkyl halides is 9. The van der Waals surface area contributed by atoms with Crippen LogP contribution in [0.2, 0.25) is 0 Å². The van der Waals surface area contributed by atoms with Gasteiger partial charge in [-0.15, -0.1) is 0 Å². The largest absolute Gasteiger partial charge is 0.417 e. The predicted molar refractivity (Wildman–Crippen MR) is 220 cm³/mol. The molecule has 0 aliphatic heterocycles. The van der Waals surface area contributed by atoms with E-state index in [2.05, 4.69) is 6.07 Å². The summed E-state index contributed by atoms with van der Waals surface area (Å²) in [6.07, 6.45) is -14.0. The normalized spacial score (nSPS) is 12.6. The molecular weight excluding hydrogens is 802 g/mol. The number of hydrogen-bond acceptors (Lipinski definition) is 1. The molecule has 9 aromatic rings. The summed E-state index contributed by atoms with van der Waals surface area (Å²) in [4.78, 5) is 0. The van der Waals surface area contributed by atoms with Gasteiger partial charge in [0.05, 0.1) is 61.8 Å². The van der Waals surface area contributed by atoms with E-state index in [4.69, 9.17) is 0 Å². The number of hydrogen-bond donors (Lipinski definition) is 0. The van der Waals surface area contributed by atoms with Crippen LogP contribution in [0.3, 0.4) is 0 Å². The van der Waals surface area contributed by atoms with Crippen LogP contribution in [0.25, 0.3) is 77.2 Å². The number of rotatable bonds is 4. The molecular formula is C49H30F9N3. The minimum atomic E-state index is -4.74. The lowest BCUT2D eigenvalue weighted by Gasteiger charge is -2.21. The second kappa shape index (κ2) is 13.8. The van der Waals surface area contributed by atoms with Crippen molar-refractivity contribution in [1.82, 2.24) is 9.13 Å². The molecule has 9 rings (SSSR count). The zero-order chi connectivity index (χ0) is 43.3. The number of aromatic nitrogens is 2. The smallest absolute Gasteiger partial charge is 0.309 e. The summed E-state index contributed by atoms with van der Waals surface area (Å²) in [6.45, 7) is 5.18. The minimum absolute atomic E-state index is 0.0855. The topological polar surface area (TPSA) is 33.6 Å². The first kappa shape index (κ1) is 39.5. The van der Waals surface area contributed by atoms with Crippen LogP contribution >= 0.6 is 0 Å². The van der Waals surface area contributed by atoms with Crippen molar-refractivity contribution in [3.05, 3.63) is 166 Å². The van der Waals surface area contributed by atoms with E-state index < -0.39 is 35.2 Å². The second-order valence-electron chi connectivity index (χ2n) is 15.2. The third-order valence-electron chi connectivity index (χ3n) is 11.3. The van der Waals surface area contributed by atoms with E-state index in [1.807, 2.05) is 13.0 Å². The monoisotopic (exact) mass is 831 g/mol. The van der Waals surface area contributed by atoms with Gasteiger partial charge in [-0.25, -0.2) is 0 Å². The number of aryl methyl sites for hydroxylation is 3. The Bertz CT molecular complexity index is 3320. The molecule has 304 valence electrons. The fourth-order valence-corrected chi connectivity index (χ4v) is 8.55. The van der Waals surface area contributed by atoms with Crippen molar-refractivity contribution in [3.8, 4) is 39.7 Å². The summed E-state index contributed by atoms with van der Waals surface area (Å²) in [6, 6.07) is 33.0. The maximum absolute atomic E-state index is 14.7. The molecule has 12 heteroatoms. The fourth-order valence-electron chi connectivity index (χ4n) is 8.55. The van der Waals surface area contributed by atoms with E-state index in [0.29, 0.717) is 66.3 Å². The van der Waals surface area contributed by atoms with Crippen LogP contribution in [-0.2, 0) is 18.5 Å². The van der Waals surface area contributed by atoms with Gasteiger partial charge in [0.15, 0.2) is 0 Å². The van der Waals surface area contributed by atoms with Crippen LogP contribution in [0.1, 0.15) is 38.9 Å². The van der Waals surface area contributed by atoms with Crippen molar-refractivity contribution in [2.24, 2.45) is 0 Å². The van der Waals surface area contributed by atoms with Crippen LogP contribution < -0.4 is 0 Å². The quantitative estimate of drug-likeness (QED) is 0.163. The van der Waals surface area contributed by atoms with Gasteiger partial charge >= 0.3 is 18.5 Å². The number of benzene rings is 7. The Morgan fingerprint density at radius 1 is 0.459 bits per heavy atom. The van der Waals surface area contributed by atoms with Crippen molar-refractivity contribution < 1.29 is 39.5 Å². The average molecular weight is 832 g/mol. The van der Waals surface area contributed by atoms with Crippen molar-refractivity contribution in [1.29, 1.82) is 5.26 Å². The fraction of sp³-hybridized carbons (Fsp3) is 0.122. The minimum Gasteiger partial charge on any atom is -0.309 e. The second-order valence-corrected chi connectivity index (χ2v) is 15.2. The van der Waals surface area contributed by atoms with Crippen molar-refractivity contribution in [2.75, 3.05) is 0 Å². The maximum atomic E-state index is 14.7. The highest BCUT2D eigenvalue weighted by atomic mass is 19.4. The third kappa shape index (κ3) is 6.56. The number of nitriles is 1. The van der Waals surface area contributed by atoms with Crippen molar-refractivity contribution >= 4 is 43.6 Å². The summed E-state index contributed by atoms with van der Waals surface area (Å²) in [5, 5.41) is 11.8. The van der Waals surface area contributed by atoms with Crippen molar-refractivity contribution in [2.45, 2.75) is 39.3 Å². The van der Waals surface area contributed by atoms with Gasteiger partial charge in [0, 0.05) is 32.7 Å². The van der Waals surface area contributed by atoms with E-state index in [1.54, 1.807) is 83.6 Å². The van der Waals surface area contributed by atoms with E-state index in [9.17, 15) is 44.8 Å².